The molecule has 19 heavy (non-hydrogen) atoms. The predicted octanol–water partition coefficient (Wildman–Crippen LogP) is 4.20. The van der Waals surface area contributed by atoms with Crippen LogP contribution in [0.25, 0.3) is 10.9 Å². The van der Waals surface area contributed by atoms with Crippen LogP contribution >= 0.6 is 23.4 Å². The van der Waals surface area contributed by atoms with Gasteiger partial charge in [0.05, 0.1) is 0 Å². The Morgan fingerprint density at radius 3 is 3.16 bits per heavy atom. The van der Waals surface area contributed by atoms with E-state index in [0.29, 0.717) is 6.04 Å². The second-order valence-electron chi connectivity index (χ2n) is 5.20. The standard InChI is InChI=1S/C15H19ClN2S/c1-19-15-4-2-3-13(15)17-8-10-9-18-14-7-11(16)5-6-12(10)14/h5-7,9,13,15,17-18H,2-4,8H2,1H3. The quantitative estimate of drug-likeness (QED) is 0.885. The highest BCUT2D eigenvalue weighted by Gasteiger charge is 2.25. The summed E-state index contributed by atoms with van der Waals surface area (Å²) < 4.78 is 0. The van der Waals surface area contributed by atoms with E-state index in [4.69, 9.17) is 11.6 Å². The molecule has 4 heteroatoms. The third-order valence-electron chi connectivity index (χ3n) is 4.04. The molecule has 1 saturated carbocycles. The maximum atomic E-state index is 6.01. The average Bonchev–Trinajstić information content (AvgIpc) is 3.01. The van der Waals surface area contributed by atoms with Crippen molar-refractivity contribution in [1.29, 1.82) is 0 Å². The molecular formula is C15H19ClN2S. The highest BCUT2D eigenvalue weighted by molar-refractivity contribution is 7.99. The third kappa shape index (κ3) is 2.78. The number of hydrogen-bond donors (Lipinski definition) is 2. The van der Waals surface area contributed by atoms with Gasteiger partial charge in [0, 0.05) is 40.0 Å². The molecule has 0 bridgehead atoms. The van der Waals surface area contributed by atoms with Gasteiger partial charge >= 0.3 is 0 Å². The fourth-order valence-corrected chi connectivity index (χ4v) is 4.12. The first-order chi connectivity index (χ1) is 9.28. The molecule has 1 fully saturated rings. The second-order valence-corrected chi connectivity index (χ2v) is 6.71. The van der Waals surface area contributed by atoms with Crippen molar-refractivity contribution in [3.8, 4) is 0 Å². The number of hydrogen-bond acceptors (Lipinski definition) is 2. The van der Waals surface area contributed by atoms with Crippen LogP contribution in [-0.2, 0) is 6.54 Å². The number of nitrogens with one attached hydrogen (secondary N) is 2. The van der Waals surface area contributed by atoms with E-state index >= 15 is 0 Å². The maximum Gasteiger partial charge on any atom is 0.0472 e. The molecule has 2 unspecified atom stereocenters. The number of rotatable bonds is 4. The van der Waals surface area contributed by atoms with E-state index in [1.54, 1.807) is 0 Å². The fraction of sp³-hybridized carbons (Fsp3) is 0.467. The lowest BCUT2D eigenvalue weighted by molar-refractivity contribution is 0.533. The highest BCUT2D eigenvalue weighted by Crippen LogP contribution is 2.29. The van der Waals surface area contributed by atoms with Gasteiger partial charge in [-0.1, -0.05) is 24.1 Å². The van der Waals surface area contributed by atoms with E-state index in [1.165, 1.54) is 30.2 Å². The van der Waals surface area contributed by atoms with Crippen molar-refractivity contribution in [2.24, 2.45) is 0 Å². The van der Waals surface area contributed by atoms with Crippen molar-refractivity contribution in [2.75, 3.05) is 6.26 Å². The van der Waals surface area contributed by atoms with Gasteiger partial charge in [0.25, 0.3) is 0 Å². The van der Waals surface area contributed by atoms with E-state index < -0.39 is 0 Å². The van der Waals surface area contributed by atoms with Gasteiger partial charge < -0.3 is 10.3 Å². The number of aromatic nitrogens is 1. The van der Waals surface area contributed by atoms with Crippen molar-refractivity contribution in [3.05, 3.63) is 35.0 Å². The number of halogens is 1. The van der Waals surface area contributed by atoms with Crippen molar-refractivity contribution in [3.63, 3.8) is 0 Å². The van der Waals surface area contributed by atoms with Crippen molar-refractivity contribution >= 4 is 34.3 Å². The van der Waals surface area contributed by atoms with Crippen molar-refractivity contribution in [2.45, 2.75) is 37.1 Å². The third-order valence-corrected chi connectivity index (χ3v) is 5.44. The SMILES string of the molecule is CSC1CCCC1NCc1c[nH]c2cc(Cl)ccc12. The average molecular weight is 295 g/mol. The second kappa shape index (κ2) is 5.78. The van der Waals surface area contributed by atoms with Gasteiger partial charge in [-0.05, 0) is 36.8 Å². The number of fused-ring (bicyclic) bond motifs is 1. The van der Waals surface area contributed by atoms with E-state index in [9.17, 15) is 0 Å². The Morgan fingerprint density at radius 1 is 1.42 bits per heavy atom. The van der Waals surface area contributed by atoms with Gasteiger partial charge in [-0.2, -0.15) is 11.8 Å². The molecule has 2 aromatic rings. The lowest BCUT2D eigenvalue weighted by Gasteiger charge is -2.18. The summed E-state index contributed by atoms with van der Waals surface area (Å²) in [6.45, 7) is 0.934. The highest BCUT2D eigenvalue weighted by atomic mass is 35.5. The Labute approximate surface area is 123 Å². The first-order valence-electron chi connectivity index (χ1n) is 6.79. The summed E-state index contributed by atoms with van der Waals surface area (Å²) in [5, 5.41) is 6.55. The summed E-state index contributed by atoms with van der Waals surface area (Å²) in [6, 6.07) is 6.71. The van der Waals surface area contributed by atoms with E-state index in [1.807, 2.05) is 23.9 Å². The Balaban J connectivity index is 1.71. The van der Waals surface area contributed by atoms with Crippen LogP contribution in [0.2, 0.25) is 5.02 Å². The molecule has 102 valence electrons. The van der Waals surface area contributed by atoms with Gasteiger partial charge in [-0.25, -0.2) is 0 Å². The minimum atomic E-state index is 0.659. The minimum Gasteiger partial charge on any atom is -0.361 e. The summed E-state index contributed by atoms with van der Waals surface area (Å²) >= 11 is 8.00. The van der Waals surface area contributed by atoms with Gasteiger partial charge in [0.2, 0.25) is 0 Å². The van der Waals surface area contributed by atoms with Crippen LogP contribution in [0, 0.1) is 0 Å². The molecule has 2 nitrogen and oxygen atoms in total. The molecular weight excluding hydrogens is 276 g/mol. The Hall–Kier alpha value is -0.640. The number of thioether (sulfide) groups is 1. The van der Waals surface area contributed by atoms with E-state index in [2.05, 4.69) is 28.8 Å². The Kier molecular flexibility index (Phi) is 4.06. The predicted molar refractivity (Wildman–Crippen MR) is 85.1 cm³/mol. The van der Waals surface area contributed by atoms with Crippen LogP contribution in [0.3, 0.4) is 0 Å². The Morgan fingerprint density at radius 2 is 2.32 bits per heavy atom. The molecule has 1 heterocycles. The number of H-pyrrole nitrogens is 1. The lowest BCUT2D eigenvalue weighted by Crippen LogP contribution is -2.33. The number of aromatic amines is 1. The maximum absolute atomic E-state index is 6.01. The van der Waals surface area contributed by atoms with Gasteiger partial charge in [-0.3, -0.25) is 0 Å². The van der Waals surface area contributed by atoms with Gasteiger partial charge in [-0.15, -0.1) is 0 Å². The first kappa shape index (κ1) is 13.3. The summed E-state index contributed by atoms with van der Waals surface area (Å²) in [5.41, 5.74) is 2.45. The van der Waals surface area contributed by atoms with Crippen molar-refractivity contribution in [1.82, 2.24) is 10.3 Å². The van der Waals surface area contributed by atoms with E-state index in [0.717, 1.165) is 22.3 Å². The normalized spacial score (nSPS) is 23.3. The van der Waals surface area contributed by atoms with E-state index in [-0.39, 0.29) is 0 Å². The molecule has 2 N–H and O–H groups in total. The largest absolute Gasteiger partial charge is 0.361 e. The summed E-state index contributed by atoms with van der Waals surface area (Å²) in [5.74, 6) is 0. The van der Waals surface area contributed by atoms with Crippen LogP contribution in [0.4, 0.5) is 0 Å². The fourth-order valence-electron chi connectivity index (χ4n) is 2.99. The zero-order valence-corrected chi connectivity index (χ0v) is 12.7. The van der Waals surface area contributed by atoms with Gasteiger partial charge in [0.1, 0.15) is 0 Å². The molecule has 0 amide bonds. The zero-order chi connectivity index (χ0) is 13.2. The molecule has 0 saturated heterocycles. The lowest BCUT2D eigenvalue weighted by atomic mass is 10.1. The molecule has 0 spiro atoms. The van der Waals surface area contributed by atoms with Crippen molar-refractivity contribution < 1.29 is 0 Å². The minimum absolute atomic E-state index is 0.659. The molecule has 1 aliphatic rings. The first-order valence-corrected chi connectivity index (χ1v) is 8.46. The molecule has 3 rings (SSSR count). The van der Waals surface area contributed by atoms with Gasteiger partial charge in [0.15, 0.2) is 0 Å². The van der Waals surface area contributed by atoms with Crippen LogP contribution in [0.5, 0.6) is 0 Å². The summed E-state index contributed by atoms with van der Waals surface area (Å²) in [7, 11) is 0. The van der Waals surface area contributed by atoms with Crippen LogP contribution in [0.15, 0.2) is 24.4 Å². The van der Waals surface area contributed by atoms with Crippen LogP contribution in [0.1, 0.15) is 24.8 Å². The van der Waals surface area contributed by atoms with Crippen LogP contribution in [-0.4, -0.2) is 22.5 Å². The molecule has 1 aromatic carbocycles. The topological polar surface area (TPSA) is 27.8 Å². The monoisotopic (exact) mass is 294 g/mol. The summed E-state index contributed by atoms with van der Waals surface area (Å²) in [4.78, 5) is 3.30. The smallest absolute Gasteiger partial charge is 0.0472 e. The molecule has 1 aliphatic carbocycles. The Bertz CT molecular complexity index is 566. The summed E-state index contributed by atoms with van der Waals surface area (Å²) in [6.07, 6.45) is 8.32. The zero-order valence-electron chi connectivity index (χ0n) is 11.1. The number of benzene rings is 1. The molecule has 2 atom stereocenters. The van der Waals surface area contributed by atoms with Crippen LogP contribution < -0.4 is 5.32 Å². The molecule has 0 aliphatic heterocycles. The molecule has 1 aromatic heterocycles. The molecule has 0 radical (unpaired) electrons.